The van der Waals surface area contributed by atoms with Crippen molar-refractivity contribution in [3.05, 3.63) is 119 Å². The van der Waals surface area contributed by atoms with Crippen LogP contribution >= 0.6 is 0 Å². The number of halogens is 1. The van der Waals surface area contributed by atoms with Crippen molar-refractivity contribution in [3.8, 4) is 11.3 Å². The molecule has 8 nitrogen and oxygen atoms in total. The summed E-state index contributed by atoms with van der Waals surface area (Å²) in [5.74, 6) is 6.96. The molecule has 0 bridgehead atoms. The van der Waals surface area contributed by atoms with Gasteiger partial charge in [-0.1, -0.05) is 30.3 Å². The number of aryl methyl sites for hydroxylation is 1. The minimum Gasteiger partial charge on any atom is -0.361 e. The van der Waals surface area contributed by atoms with E-state index in [1.165, 1.54) is 10.9 Å². The summed E-state index contributed by atoms with van der Waals surface area (Å²) in [6, 6.07) is 17.8. The zero-order valence-corrected chi connectivity index (χ0v) is 23.1. The highest BCUT2D eigenvalue weighted by Crippen LogP contribution is 2.38. The Morgan fingerprint density at radius 3 is 2.62 bits per heavy atom. The Morgan fingerprint density at radius 2 is 1.81 bits per heavy atom. The van der Waals surface area contributed by atoms with Crippen molar-refractivity contribution >= 4 is 33.3 Å². The van der Waals surface area contributed by atoms with E-state index in [9.17, 15) is 0 Å². The van der Waals surface area contributed by atoms with Crippen molar-refractivity contribution in [2.45, 2.75) is 26.2 Å². The number of rotatable bonds is 7. The SMILES string of the molecule is CC1=NC=C(c2c(CCc3c[nH]c4ccccc34)c(Cc3nc4ccccc4[nH]3)cc(F)c2-c2cnccn2)N(N)C1. The largest absolute Gasteiger partial charge is 0.361 e. The fourth-order valence-electron chi connectivity index (χ4n) is 5.84. The van der Waals surface area contributed by atoms with E-state index in [1.54, 1.807) is 35.9 Å². The Morgan fingerprint density at radius 1 is 0.976 bits per heavy atom. The lowest BCUT2D eigenvalue weighted by atomic mass is 9.86. The molecule has 0 saturated carbocycles. The highest BCUT2D eigenvalue weighted by atomic mass is 19.1. The van der Waals surface area contributed by atoms with E-state index < -0.39 is 5.82 Å². The van der Waals surface area contributed by atoms with Crippen LogP contribution in [0, 0.1) is 5.82 Å². The monoisotopic (exact) mass is 556 g/mol. The summed E-state index contributed by atoms with van der Waals surface area (Å²) in [4.78, 5) is 24.9. The van der Waals surface area contributed by atoms with Crippen molar-refractivity contribution in [1.29, 1.82) is 0 Å². The quantitative estimate of drug-likeness (QED) is 0.210. The number of benzene rings is 3. The normalized spacial score (nSPS) is 13.5. The third-order valence-corrected chi connectivity index (χ3v) is 7.79. The zero-order chi connectivity index (χ0) is 28.6. The first kappa shape index (κ1) is 25.8. The van der Waals surface area contributed by atoms with Crippen molar-refractivity contribution in [3.63, 3.8) is 0 Å². The van der Waals surface area contributed by atoms with Gasteiger partial charge in [-0.3, -0.25) is 15.0 Å². The molecule has 0 aliphatic carbocycles. The number of para-hydroxylation sites is 3. The number of nitrogens with two attached hydrogens (primary N) is 1. The van der Waals surface area contributed by atoms with Crippen LogP contribution in [-0.4, -0.2) is 42.2 Å². The third-order valence-electron chi connectivity index (χ3n) is 7.79. The molecule has 4 N–H and O–H groups in total. The number of hydrazine groups is 1. The van der Waals surface area contributed by atoms with Gasteiger partial charge in [-0.25, -0.2) is 15.2 Å². The molecule has 208 valence electrons. The van der Waals surface area contributed by atoms with Gasteiger partial charge in [0.05, 0.1) is 41.4 Å². The highest BCUT2D eigenvalue weighted by Gasteiger charge is 2.27. The third kappa shape index (κ3) is 4.73. The average molecular weight is 557 g/mol. The molecule has 1 aliphatic rings. The molecule has 1 aliphatic heterocycles. The fraction of sp³-hybridized carbons (Fsp3) is 0.152. The van der Waals surface area contributed by atoms with E-state index in [2.05, 4.69) is 43.3 Å². The van der Waals surface area contributed by atoms with Crippen LogP contribution in [0.1, 0.15) is 35.0 Å². The topological polar surface area (TPSA) is 112 Å². The number of imidazole rings is 1. The lowest BCUT2D eigenvalue weighted by Crippen LogP contribution is -2.36. The van der Waals surface area contributed by atoms with Crippen LogP contribution in [0.5, 0.6) is 0 Å². The van der Waals surface area contributed by atoms with Crippen molar-refractivity contribution < 1.29 is 4.39 Å². The number of hydrogen-bond acceptors (Lipinski definition) is 6. The molecule has 0 spiro atoms. The molecule has 0 radical (unpaired) electrons. The Labute approximate surface area is 241 Å². The maximum Gasteiger partial charge on any atom is 0.133 e. The minimum atomic E-state index is -0.395. The molecule has 4 heterocycles. The second-order valence-corrected chi connectivity index (χ2v) is 10.6. The van der Waals surface area contributed by atoms with Gasteiger partial charge >= 0.3 is 0 Å². The Kier molecular flexibility index (Phi) is 6.56. The number of aromatic nitrogens is 5. The van der Waals surface area contributed by atoms with E-state index in [0.717, 1.165) is 45.6 Å². The molecule has 42 heavy (non-hydrogen) atoms. The Balaban J connectivity index is 1.43. The number of aliphatic imine (C=N–C) groups is 1. The van der Waals surface area contributed by atoms with Gasteiger partial charge in [0.1, 0.15) is 11.6 Å². The standard InChI is InChI=1S/C33H29FN8/c1-20-19-42(35)30(18-38-20)32-24(11-10-21-16-39-26-7-3-2-6-23(21)26)22(14-25(34)33(32)29-17-36-12-13-37-29)15-31-40-27-8-4-5-9-28(27)41-31/h2-9,12-14,16-18,39H,10-11,15,19,35H2,1H3,(H,40,41). The van der Waals surface area contributed by atoms with Gasteiger partial charge in [-0.2, -0.15) is 0 Å². The Hall–Kier alpha value is -5.15. The number of nitrogens with one attached hydrogen (secondary N) is 2. The van der Waals surface area contributed by atoms with E-state index in [4.69, 9.17) is 10.8 Å². The predicted molar refractivity (Wildman–Crippen MR) is 164 cm³/mol. The second-order valence-electron chi connectivity index (χ2n) is 10.6. The number of nitrogens with zero attached hydrogens (tertiary/aromatic N) is 5. The molecule has 7 rings (SSSR count). The van der Waals surface area contributed by atoms with Crippen LogP contribution < -0.4 is 5.84 Å². The van der Waals surface area contributed by atoms with E-state index in [-0.39, 0.29) is 0 Å². The van der Waals surface area contributed by atoms with Crippen molar-refractivity contribution in [1.82, 2.24) is 29.9 Å². The summed E-state index contributed by atoms with van der Waals surface area (Å²) < 4.78 is 16.3. The van der Waals surface area contributed by atoms with E-state index >= 15 is 4.39 Å². The molecule has 0 saturated heterocycles. The molecule has 3 aromatic carbocycles. The van der Waals surface area contributed by atoms with Crippen LogP contribution in [0.3, 0.4) is 0 Å². The number of H-pyrrole nitrogens is 2. The second kappa shape index (κ2) is 10.7. The predicted octanol–water partition coefficient (Wildman–Crippen LogP) is 5.96. The van der Waals surface area contributed by atoms with Gasteiger partial charge in [0.15, 0.2) is 0 Å². The van der Waals surface area contributed by atoms with Crippen LogP contribution in [0.2, 0.25) is 0 Å². The molecule has 6 aromatic rings. The molecular weight excluding hydrogens is 527 g/mol. The lowest BCUT2D eigenvalue weighted by molar-refractivity contribution is 0.468. The van der Waals surface area contributed by atoms with E-state index in [0.29, 0.717) is 41.9 Å². The van der Waals surface area contributed by atoms with Gasteiger partial charge in [0, 0.05) is 52.8 Å². The maximum absolute atomic E-state index is 16.3. The minimum absolute atomic E-state index is 0.363. The molecule has 3 aromatic heterocycles. The number of fused-ring (bicyclic) bond motifs is 2. The van der Waals surface area contributed by atoms with Gasteiger partial charge in [0.2, 0.25) is 0 Å². The summed E-state index contributed by atoms with van der Waals surface area (Å²) >= 11 is 0. The smallest absolute Gasteiger partial charge is 0.133 e. The summed E-state index contributed by atoms with van der Waals surface area (Å²) in [6.45, 7) is 2.36. The van der Waals surface area contributed by atoms with Crippen molar-refractivity contribution in [2.75, 3.05) is 6.54 Å². The Bertz CT molecular complexity index is 1950. The molecule has 0 amide bonds. The maximum atomic E-state index is 16.3. The van der Waals surface area contributed by atoms with Crippen LogP contribution in [0.15, 0.2) is 90.6 Å². The summed E-state index contributed by atoms with van der Waals surface area (Å²) in [5.41, 5.74) is 8.89. The summed E-state index contributed by atoms with van der Waals surface area (Å²) in [7, 11) is 0. The number of hydrogen-bond donors (Lipinski definition) is 3. The first-order valence-corrected chi connectivity index (χ1v) is 13.9. The van der Waals surface area contributed by atoms with Gasteiger partial charge in [0.25, 0.3) is 0 Å². The van der Waals surface area contributed by atoms with Crippen LogP contribution in [-0.2, 0) is 19.3 Å². The molecular formula is C33H29FN8. The van der Waals surface area contributed by atoms with E-state index in [1.807, 2.05) is 43.3 Å². The van der Waals surface area contributed by atoms with Gasteiger partial charge in [-0.15, -0.1) is 0 Å². The first-order valence-electron chi connectivity index (χ1n) is 13.9. The van der Waals surface area contributed by atoms with Gasteiger partial charge in [-0.05, 0) is 60.7 Å². The zero-order valence-electron chi connectivity index (χ0n) is 23.1. The molecule has 9 heteroatoms. The van der Waals surface area contributed by atoms with Crippen LogP contribution in [0.4, 0.5) is 4.39 Å². The average Bonchev–Trinajstić information content (AvgIpc) is 3.60. The highest BCUT2D eigenvalue weighted by molar-refractivity contribution is 5.91. The summed E-state index contributed by atoms with van der Waals surface area (Å²) in [5, 5.41) is 2.81. The van der Waals surface area contributed by atoms with Crippen LogP contribution in [0.25, 0.3) is 38.9 Å². The molecule has 0 fully saturated rings. The summed E-state index contributed by atoms with van der Waals surface area (Å²) in [6.07, 6.45) is 10.3. The molecule has 0 unspecified atom stereocenters. The first-order chi connectivity index (χ1) is 20.5. The van der Waals surface area contributed by atoms with Gasteiger partial charge < -0.3 is 15.0 Å². The molecule has 0 atom stereocenters. The number of aromatic amines is 2. The van der Waals surface area contributed by atoms with Crippen molar-refractivity contribution in [2.24, 2.45) is 10.8 Å². The lowest BCUT2D eigenvalue weighted by Gasteiger charge is -2.29. The fourth-order valence-corrected chi connectivity index (χ4v) is 5.84.